The van der Waals surface area contributed by atoms with Crippen molar-refractivity contribution in [3.8, 4) is 0 Å². The van der Waals surface area contributed by atoms with Gasteiger partial charge in [-0.05, 0) is 33.2 Å². The molecule has 1 heterocycles. The summed E-state index contributed by atoms with van der Waals surface area (Å²) in [6, 6.07) is 0.729. The van der Waals surface area contributed by atoms with Crippen molar-refractivity contribution in [2.75, 3.05) is 19.7 Å². The zero-order chi connectivity index (χ0) is 13.8. The van der Waals surface area contributed by atoms with E-state index in [1.807, 2.05) is 11.5 Å². The first-order chi connectivity index (χ1) is 9.17. The number of carbonyl (C=O) groups is 1. The number of carbonyl (C=O) groups excluding carboxylic acids is 1. The Morgan fingerprint density at radius 3 is 2.74 bits per heavy atom. The second-order valence-electron chi connectivity index (χ2n) is 4.80. The summed E-state index contributed by atoms with van der Waals surface area (Å²) in [7, 11) is 0. The molecule has 1 aliphatic carbocycles. The Morgan fingerprint density at radius 2 is 2.16 bits per heavy atom. The average molecular weight is 266 g/mol. The predicted molar refractivity (Wildman–Crippen MR) is 71.0 cm³/mol. The standard InChI is InChI=1S/C13H22N4O2/c1-4-16(11-6-7-11)8-9-17-10(3)14-15-12(17)13(18)19-5-2/h11H,4-9H2,1-3H3. The molecule has 1 saturated carbocycles. The largest absolute Gasteiger partial charge is 0.460 e. The number of esters is 1. The van der Waals surface area contributed by atoms with Crippen LogP contribution < -0.4 is 0 Å². The van der Waals surface area contributed by atoms with E-state index >= 15 is 0 Å². The van der Waals surface area contributed by atoms with Crippen LogP contribution in [0.2, 0.25) is 0 Å². The van der Waals surface area contributed by atoms with Crippen LogP contribution in [0.5, 0.6) is 0 Å². The molecule has 0 saturated heterocycles. The van der Waals surface area contributed by atoms with Crippen molar-refractivity contribution in [2.24, 2.45) is 0 Å². The second-order valence-corrected chi connectivity index (χ2v) is 4.80. The van der Waals surface area contributed by atoms with E-state index in [4.69, 9.17) is 4.74 Å². The molecule has 0 aliphatic heterocycles. The zero-order valence-electron chi connectivity index (χ0n) is 11.9. The molecular weight excluding hydrogens is 244 g/mol. The molecule has 19 heavy (non-hydrogen) atoms. The zero-order valence-corrected chi connectivity index (χ0v) is 11.9. The van der Waals surface area contributed by atoms with Crippen molar-refractivity contribution in [3.05, 3.63) is 11.6 Å². The minimum atomic E-state index is -0.391. The third-order valence-corrected chi connectivity index (χ3v) is 3.47. The quantitative estimate of drug-likeness (QED) is 0.695. The minimum Gasteiger partial charge on any atom is -0.460 e. The Bertz CT molecular complexity index is 440. The summed E-state index contributed by atoms with van der Waals surface area (Å²) in [5.74, 6) is 0.679. The lowest BCUT2D eigenvalue weighted by Crippen LogP contribution is -2.30. The monoisotopic (exact) mass is 266 g/mol. The highest BCUT2D eigenvalue weighted by molar-refractivity contribution is 5.85. The molecule has 1 aromatic rings. The molecule has 6 heteroatoms. The smallest absolute Gasteiger partial charge is 0.376 e. The summed E-state index contributed by atoms with van der Waals surface area (Å²) in [5.41, 5.74) is 0. The van der Waals surface area contributed by atoms with Crippen molar-refractivity contribution in [1.29, 1.82) is 0 Å². The van der Waals surface area contributed by atoms with Gasteiger partial charge in [0.15, 0.2) is 0 Å². The number of rotatable bonds is 7. The molecule has 0 atom stereocenters. The molecule has 1 aromatic heterocycles. The van der Waals surface area contributed by atoms with Gasteiger partial charge in [-0.25, -0.2) is 4.79 Å². The maximum atomic E-state index is 11.8. The Balaban J connectivity index is 2.02. The van der Waals surface area contributed by atoms with E-state index in [2.05, 4.69) is 22.0 Å². The van der Waals surface area contributed by atoms with Crippen LogP contribution in [-0.2, 0) is 11.3 Å². The number of hydrogen-bond donors (Lipinski definition) is 0. The number of nitrogens with zero attached hydrogens (tertiary/aromatic N) is 4. The van der Waals surface area contributed by atoms with Crippen LogP contribution in [0.3, 0.4) is 0 Å². The minimum absolute atomic E-state index is 0.311. The molecule has 0 radical (unpaired) electrons. The van der Waals surface area contributed by atoms with Crippen LogP contribution in [0, 0.1) is 6.92 Å². The third-order valence-electron chi connectivity index (χ3n) is 3.47. The van der Waals surface area contributed by atoms with Crippen molar-refractivity contribution in [3.63, 3.8) is 0 Å². The topological polar surface area (TPSA) is 60.2 Å². The number of ether oxygens (including phenoxy) is 1. The molecule has 0 N–H and O–H groups in total. The molecule has 2 rings (SSSR count). The molecule has 106 valence electrons. The Kier molecular flexibility index (Phi) is 4.52. The van der Waals surface area contributed by atoms with Gasteiger partial charge >= 0.3 is 5.97 Å². The second kappa shape index (κ2) is 6.14. The number of likely N-dealkylation sites (N-methyl/N-ethyl adjacent to an activating group) is 1. The molecule has 6 nitrogen and oxygen atoms in total. The van der Waals surface area contributed by atoms with Gasteiger partial charge < -0.3 is 9.30 Å². The van der Waals surface area contributed by atoms with Crippen molar-refractivity contribution >= 4 is 5.97 Å². The molecular formula is C13H22N4O2. The first kappa shape index (κ1) is 14.0. The van der Waals surface area contributed by atoms with Gasteiger partial charge in [-0.2, -0.15) is 0 Å². The van der Waals surface area contributed by atoms with Crippen LogP contribution in [0.15, 0.2) is 0 Å². The van der Waals surface area contributed by atoms with E-state index in [1.54, 1.807) is 6.92 Å². The van der Waals surface area contributed by atoms with Gasteiger partial charge in [0.2, 0.25) is 5.82 Å². The number of aromatic nitrogens is 3. The molecule has 0 bridgehead atoms. The fourth-order valence-corrected chi connectivity index (χ4v) is 2.26. The highest BCUT2D eigenvalue weighted by Crippen LogP contribution is 2.26. The van der Waals surface area contributed by atoms with Crippen LogP contribution in [-0.4, -0.2) is 51.4 Å². The van der Waals surface area contributed by atoms with E-state index in [-0.39, 0.29) is 0 Å². The molecule has 0 spiro atoms. The van der Waals surface area contributed by atoms with Crippen molar-refractivity contribution in [1.82, 2.24) is 19.7 Å². The van der Waals surface area contributed by atoms with E-state index in [9.17, 15) is 4.79 Å². The molecule has 0 amide bonds. The normalized spacial score (nSPS) is 14.9. The van der Waals surface area contributed by atoms with E-state index in [0.717, 1.165) is 31.5 Å². The summed E-state index contributed by atoms with van der Waals surface area (Å²) in [6.07, 6.45) is 2.58. The summed E-state index contributed by atoms with van der Waals surface area (Å²) in [4.78, 5) is 14.2. The Labute approximate surface area is 113 Å². The molecule has 1 aliphatic rings. The van der Waals surface area contributed by atoms with Gasteiger partial charge in [0.25, 0.3) is 0 Å². The lowest BCUT2D eigenvalue weighted by atomic mass is 10.4. The SMILES string of the molecule is CCOC(=O)c1nnc(C)n1CCN(CC)C1CC1. The fourth-order valence-electron chi connectivity index (χ4n) is 2.26. The highest BCUT2D eigenvalue weighted by Gasteiger charge is 2.28. The number of hydrogen-bond acceptors (Lipinski definition) is 5. The van der Waals surface area contributed by atoms with Crippen LogP contribution >= 0.6 is 0 Å². The summed E-state index contributed by atoms with van der Waals surface area (Å²) in [5, 5.41) is 7.90. The average Bonchev–Trinajstić information content (AvgIpc) is 3.16. The third kappa shape index (κ3) is 3.32. The van der Waals surface area contributed by atoms with Gasteiger partial charge in [0.05, 0.1) is 6.61 Å². The van der Waals surface area contributed by atoms with Gasteiger partial charge in [0, 0.05) is 19.1 Å². The molecule has 0 unspecified atom stereocenters. The van der Waals surface area contributed by atoms with Crippen LogP contribution in [0.25, 0.3) is 0 Å². The van der Waals surface area contributed by atoms with Gasteiger partial charge in [-0.3, -0.25) is 4.90 Å². The summed E-state index contributed by atoms with van der Waals surface area (Å²) >= 11 is 0. The molecule has 0 aromatic carbocycles. The Morgan fingerprint density at radius 1 is 1.42 bits per heavy atom. The van der Waals surface area contributed by atoms with Gasteiger partial charge in [-0.15, -0.1) is 10.2 Å². The van der Waals surface area contributed by atoms with Gasteiger partial charge in [0.1, 0.15) is 5.82 Å². The first-order valence-corrected chi connectivity index (χ1v) is 6.98. The van der Waals surface area contributed by atoms with E-state index < -0.39 is 5.97 Å². The fraction of sp³-hybridized carbons (Fsp3) is 0.769. The van der Waals surface area contributed by atoms with Crippen LogP contribution in [0.4, 0.5) is 0 Å². The molecule has 1 fully saturated rings. The highest BCUT2D eigenvalue weighted by atomic mass is 16.5. The van der Waals surface area contributed by atoms with Crippen LogP contribution in [0.1, 0.15) is 43.1 Å². The van der Waals surface area contributed by atoms with Crippen molar-refractivity contribution < 1.29 is 9.53 Å². The van der Waals surface area contributed by atoms with E-state index in [0.29, 0.717) is 12.4 Å². The van der Waals surface area contributed by atoms with Gasteiger partial charge in [-0.1, -0.05) is 6.92 Å². The van der Waals surface area contributed by atoms with Crippen molar-refractivity contribution in [2.45, 2.75) is 46.2 Å². The Hall–Kier alpha value is -1.43. The lowest BCUT2D eigenvalue weighted by molar-refractivity contribution is 0.0504. The maximum Gasteiger partial charge on any atom is 0.376 e. The first-order valence-electron chi connectivity index (χ1n) is 6.98. The summed E-state index contributed by atoms with van der Waals surface area (Å²) in [6.45, 7) is 8.88. The number of aryl methyl sites for hydroxylation is 1. The maximum absolute atomic E-state index is 11.8. The predicted octanol–water partition coefficient (Wildman–Crippen LogP) is 1.25. The van der Waals surface area contributed by atoms with E-state index in [1.165, 1.54) is 12.8 Å². The lowest BCUT2D eigenvalue weighted by Gasteiger charge is -2.20. The summed E-state index contributed by atoms with van der Waals surface area (Å²) < 4.78 is 6.85.